The fraction of sp³-hybridized carbons (Fsp3) is 0.533. The Hall–Kier alpha value is -2.15. The molecule has 7 heteroatoms. The summed E-state index contributed by atoms with van der Waals surface area (Å²) in [6, 6.07) is 0. The maximum atomic E-state index is 12.7. The summed E-state index contributed by atoms with van der Waals surface area (Å²) in [5, 5.41) is 11.3. The second kappa shape index (κ2) is 5.92. The summed E-state index contributed by atoms with van der Waals surface area (Å²) in [7, 11) is 3.72. The highest BCUT2D eigenvalue weighted by atomic mass is 16.5. The largest absolute Gasteiger partial charge is 0.373 e. The average Bonchev–Trinajstić information content (AvgIpc) is 3.08. The van der Waals surface area contributed by atoms with Crippen molar-refractivity contribution in [2.45, 2.75) is 25.9 Å². The van der Waals surface area contributed by atoms with Crippen LogP contribution >= 0.6 is 0 Å². The van der Waals surface area contributed by atoms with Crippen molar-refractivity contribution in [1.82, 2.24) is 19.6 Å². The van der Waals surface area contributed by atoms with Gasteiger partial charge in [0.15, 0.2) is 0 Å². The predicted molar refractivity (Wildman–Crippen MR) is 81.2 cm³/mol. The molecule has 1 aliphatic heterocycles. The molecule has 3 rings (SSSR count). The monoisotopic (exact) mass is 303 g/mol. The van der Waals surface area contributed by atoms with E-state index in [9.17, 15) is 4.79 Å². The number of hydrogen-bond acceptors (Lipinski definition) is 4. The van der Waals surface area contributed by atoms with Crippen molar-refractivity contribution in [2.75, 3.05) is 11.9 Å². The number of rotatable bonds is 3. The minimum absolute atomic E-state index is 0.0235. The molecule has 118 valence electrons. The lowest BCUT2D eigenvalue weighted by molar-refractivity contribution is -0.129. The SMILES string of the molecule is Cc1c(NC(=O)[C@@H]2CCCO[C@H]2c2cnn(C)c2)cnn1C. The van der Waals surface area contributed by atoms with Crippen molar-refractivity contribution >= 4 is 11.6 Å². The van der Waals surface area contributed by atoms with E-state index in [0.29, 0.717) is 6.61 Å². The first-order chi connectivity index (χ1) is 10.6. The molecule has 22 heavy (non-hydrogen) atoms. The lowest BCUT2D eigenvalue weighted by atomic mass is 9.90. The van der Waals surface area contributed by atoms with E-state index in [2.05, 4.69) is 15.5 Å². The third-order valence-electron chi connectivity index (χ3n) is 4.21. The maximum absolute atomic E-state index is 12.7. The highest BCUT2D eigenvalue weighted by Gasteiger charge is 2.34. The smallest absolute Gasteiger partial charge is 0.230 e. The van der Waals surface area contributed by atoms with Crippen molar-refractivity contribution in [3.05, 3.63) is 29.8 Å². The van der Waals surface area contributed by atoms with Gasteiger partial charge in [0.2, 0.25) is 5.91 Å². The van der Waals surface area contributed by atoms with Gasteiger partial charge in [-0.05, 0) is 19.8 Å². The highest BCUT2D eigenvalue weighted by molar-refractivity contribution is 5.93. The third-order valence-corrected chi connectivity index (χ3v) is 4.21. The van der Waals surface area contributed by atoms with Gasteiger partial charge in [0.25, 0.3) is 0 Å². The molecule has 2 aromatic heterocycles. The van der Waals surface area contributed by atoms with Crippen molar-refractivity contribution in [2.24, 2.45) is 20.0 Å². The van der Waals surface area contributed by atoms with Gasteiger partial charge in [-0.15, -0.1) is 0 Å². The number of carbonyl (C=O) groups excluding carboxylic acids is 1. The van der Waals surface area contributed by atoms with Crippen molar-refractivity contribution in [3.8, 4) is 0 Å². The molecule has 0 bridgehead atoms. The number of nitrogens with one attached hydrogen (secondary N) is 1. The molecule has 1 fully saturated rings. The molecule has 0 unspecified atom stereocenters. The Balaban J connectivity index is 1.78. The molecule has 1 aliphatic rings. The Labute approximate surface area is 129 Å². The van der Waals surface area contributed by atoms with E-state index in [4.69, 9.17) is 4.74 Å². The average molecular weight is 303 g/mol. The van der Waals surface area contributed by atoms with Gasteiger partial charge in [0.05, 0.1) is 35.8 Å². The van der Waals surface area contributed by atoms with Crippen molar-refractivity contribution in [1.29, 1.82) is 0 Å². The highest BCUT2D eigenvalue weighted by Crippen LogP contribution is 2.34. The number of aryl methyl sites for hydroxylation is 2. The van der Waals surface area contributed by atoms with Crippen LogP contribution in [0.15, 0.2) is 18.6 Å². The molecular formula is C15H21N5O2. The number of amides is 1. The zero-order valence-corrected chi connectivity index (χ0v) is 13.1. The van der Waals surface area contributed by atoms with Gasteiger partial charge in [-0.2, -0.15) is 10.2 Å². The summed E-state index contributed by atoms with van der Waals surface area (Å²) >= 11 is 0. The van der Waals surface area contributed by atoms with Gasteiger partial charge < -0.3 is 10.1 Å². The molecule has 3 heterocycles. The quantitative estimate of drug-likeness (QED) is 0.934. The molecule has 0 radical (unpaired) electrons. The molecule has 1 N–H and O–H groups in total. The van der Waals surface area contributed by atoms with Gasteiger partial charge in [-0.25, -0.2) is 0 Å². The van der Waals surface area contributed by atoms with Crippen LogP contribution in [0.3, 0.4) is 0 Å². The fourth-order valence-corrected chi connectivity index (χ4v) is 2.81. The van der Waals surface area contributed by atoms with E-state index >= 15 is 0 Å². The van der Waals surface area contributed by atoms with Crippen molar-refractivity contribution < 1.29 is 9.53 Å². The first kappa shape index (κ1) is 14.8. The Morgan fingerprint density at radius 1 is 1.36 bits per heavy atom. The van der Waals surface area contributed by atoms with Crippen LogP contribution in [-0.4, -0.2) is 32.1 Å². The Kier molecular flexibility index (Phi) is 3.98. The van der Waals surface area contributed by atoms with E-state index in [1.165, 1.54) is 0 Å². The first-order valence-electron chi connectivity index (χ1n) is 7.46. The Morgan fingerprint density at radius 3 is 2.82 bits per heavy atom. The molecule has 2 atom stereocenters. The van der Waals surface area contributed by atoms with E-state index in [1.807, 2.05) is 27.2 Å². The molecule has 2 aromatic rings. The van der Waals surface area contributed by atoms with Crippen LogP contribution in [0.4, 0.5) is 5.69 Å². The van der Waals surface area contributed by atoms with Crippen LogP contribution in [-0.2, 0) is 23.6 Å². The van der Waals surface area contributed by atoms with Gasteiger partial charge in [-0.1, -0.05) is 0 Å². The van der Waals surface area contributed by atoms with Crippen LogP contribution < -0.4 is 5.32 Å². The zero-order valence-electron chi connectivity index (χ0n) is 13.1. The predicted octanol–water partition coefficient (Wildman–Crippen LogP) is 1.57. The lowest BCUT2D eigenvalue weighted by Gasteiger charge is -2.30. The van der Waals surface area contributed by atoms with E-state index < -0.39 is 0 Å². The zero-order chi connectivity index (χ0) is 15.7. The number of anilines is 1. The summed E-state index contributed by atoms with van der Waals surface area (Å²) in [4.78, 5) is 12.7. The van der Waals surface area contributed by atoms with Gasteiger partial charge in [0, 0.05) is 32.5 Å². The molecule has 7 nitrogen and oxygen atoms in total. The second-order valence-corrected chi connectivity index (χ2v) is 5.74. The molecule has 0 aromatic carbocycles. The van der Waals surface area contributed by atoms with Crippen LogP contribution in [0.5, 0.6) is 0 Å². The van der Waals surface area contributed by atoms with Crippen molar-refractivity contribution in [3.63, 3.8) is 0 Å². The second-order valence-electron chi connectivity index (χ2n) is 5.74. The molecule has 1 saturated heterocycles. The Morgan fingerprint density at radius 2 is 2.18 bits per heavy atom. The number of nitrogens with zero attached hydrogens (tertiary/aromatic N) is 4. The summed E-state index contributed by atoms with van der Waals surface area (Å²) in [5.41, 5.74) is 2.64. The summed E-state index contributed by atoms with van der Waals surface area (Å²) < 4.78 is 9.32. The van der Waals surface area contributed by atoms with E-state index in [0.717, 1.165) is 29.8 Å². The molecule has 0 saturated carbocycles. The topological polar surface area (TPSA) is 74.0 Å². The number of ether oxygens (including phenoxy) is 1. The third kappa shape index (κ3) is 2.76. The van der Waals surface area contributed by atoms with E-state index in [-0.39, 0.29) is 17.9 Å². The molecule has 1 amide bonds. The van der Waals surface area contributed by atoms with Crippen LogP contribution in [0.1, 0.15) is 30.2 Å². The Bertz CT molecular complexity index is 675. The summed E-state index contributed by atoms with van der Waals surface area (Å²) in [6.07, 6.45) is 6.82. The number of aromatic nitrogens is 4. The van der Waals surface area contributed by atoms with Crippen LogP contribution in [0.25, 0.3) is 0 Å². The summed E-state index contributed by atoms with van der Waals surface area (Å²) in [5.74, 6) is -0.234. The van der Waals surface area contributed by atoms with Gasteiger partial charge >= 0.3 is 0 Å². The van der Waals surface area contributed by atoms with Gasteiger partial charge in [-0.3, -0.25) is 14.2 Å². The number of hydrogen-bond donors (Lipinski definition) is 1. The minimum Gasteiger partial charge on any atom is -0.373 e. The minimum atomic E-state index is -0.237. The molecular weight excluding hydrogens is 282 g/mol. The molecule has 0 aliphatic carbocycles. The molecule has 0 spiro atoms. The van der Waals surface area contributed by atoms with Crippen LogP contribution in [0, 0.1) is 12.8 Å². The van der Waals surface area contributed by atoms with Gasteiger partial charge in [0.1, 0.15) is 0 Å². The lowest BCUT2D eigenvalue weighted by Crippen LogP contribution is -2.33. The first-order valence-corrected chi connectivity index (χ1v) is 7.46. The number of carbonyl (C=O) groups is 1. The summed E-state index contributed by atoms with van der Waals surface area (Å²) in [6.45, 7) is 2.61. The fourth-order valence-electron chi connectivity index (χ4n) is 2.81. The van der Waals surface area contributed by atoms with Crippen LogP contribution in [0.2, 0.25) is 0 Å². The van der Waals surface area contributed by atoms with E-state index in [1.54, 1.807) is 21.8 Å². The standard InChI is InChI=1S/C15H21N5O2/c1-10-13(8-17-20(10)3)18-15(21)12-5-4-6-22-14(12)11-7-16-19(2)9-11/h7-9,12,14H,4-6H2,1-3H3,(H,18,21)/t12-,14+/m1/s1. The maximum Gasteiger partial charge on any atom is 0.230 e. The normalized spacial score (nSPS) is 21.8.